The number of benzene rings is 2. The first kappa shape index (κ1) is 18.5. The van der Waals surface area contributed by atoms with Crippen molar-refractivity contribution in [3.8, 4) is 11.5 Å². The van der Waals surface area contributed by atoms with Gasteiger partial charge in [-0.15, -0.1) is 0 Å². The number of amides is 1. The molecule has 5 nitrogen and oxygen atoms in total. The average molecular weight is 391 g/mol. The lowest BCUT2D eigenvalue weighted by Gasteiger charge is -2.08. The molecule has 0 radical (unpaired) electrons. The Bertz CT molecular complexity index is 1020. The number of hydrogen-bond donors (Lipinski definition) is 0. The fourth-order valence-electron chi connectivity index (χ4n) is 2.69. The minimum atomic E-state index is -0.317. The van der Waals surface area contributed by atoms with Crippen molar-refractivity contribution >= 4 is 39.1 Å². The normalized spacial score (nSPS) is 11.8. The maximum atomic E-state index is 12.6. The van der Waals surface area contributed by atoms with Gasteiger partial charge in [0.05, 0.1) is 24.4 Å². The van der Waals surface area contributed by atoms with Crippen LogP contribution in [0.5, 0.6) is 11.5 Å². The first-order valence-electron chi connectivity index (χ1n) is 8.17. The molecule has 0 bridgehead atoms. The molecule has 0 saturated heterocycles. The molecule has 7 heteroatoms. The van der Waals surface area contributed by atoms with Crippen molar-refractivity contribution in [2.24, 2.45) is 4.99 Å². The number of carbonyl (C=O) groups is 1. The minimum absolute atomic E-state index is 0.317. The maximum absolute atomic E-state index is 12.6. The lowest BCUT2D eigenvalue weighted by Crippen LogP contribution is -2.16. The van der Waals surface area contributed by atoms with Crippen LogP contribution in [0.15, 0.2) is 41.4 Å². The molecular weight excluding hydrogens is 372 g/mol. The number of rotatable bonds is 5. The van der Waals surface area contributed by atoms with E-state index in [1.54, 1.807) is 38.5 Å². The lowest BCUT2D eigenvalue weighted by molar-refractivity contribution is 0.0998. The van der Waals surface area contributed by atoms with Gasteiger partial charge in [0.1, 0.15) is 0 Å². The van der Waals surface area contributed by atoms with Crippen LogP contribution in [0.25, 0.3) is 10.2 Å². The first-order chi connectivity index (χ1) is 12.6. The van der Waals surface area contributed by atoms with E-state index in [0.717, 1.165) is 23.2 Å². The number of fused-ring (bicyclic) bond motifs is 1. The van der Waals surface area contributed by atoms with Crippen molar-refractivity contribution in [2.45, 2.75) is 19.9 Å². The van der Waals surface area contributed by atoms with Crippen LogP contribution in [0.4, 0.5) is 0 Å². The summed E-state index contributed by atoms with van der Waals surface area (Å²) in [4.78, 5) is 17.5. The summed E-state index contributed by atoms with van der Waals surface area (Å²) in [6, 6.07) is 10.6. The number of halogens is 1. The second kappa shape index (κ2) is 7.93. The second-order valence-electron chi connectivity index (χ2n) is 5.64. The Morgan fingerprint density at radius 1 is 1.19 bits per heavy atom. The summed E-state index contributed by atoms with van der Waals surface area (Å²) in [7, 11) is 3.21. The number of hydrogen-bond acceptors (Lipinski definition) is 4. The molecule has 0 spiro atoms. The smallest absolute Gasteiger partial charge is 0.279 e. The van der Waals surface area contributed by atoms with Gasteiger partial charge in [-0.1, -0.05) is 35.9 Å². The van der Waals surface area contributed by atoms with Crippen LogP contribution in [-0.2, 0) is 6.54 Å². The van der Waals surface area contributed by atoms with E-state index in [0.29, 0.717) is 26.9 Å². The van der Waals surface area contributed by atoms with Crippen LogP contribution in [0.1, 0.15) is 23.7 Å². The molecule has 0 fully saturated rings. The molecule has 0 aliphatic heterocycles. The molecule has 2 aromatic carbocycles. The van der Waals surface area contributed by atoms with Crippen LogP contribution in [0, 0.1) is 0 Å². The summed E-state index contributed by atoms with van der Waals surface area (Å²) >= 11 is 7.43. The van der Waals surface area contributed by atoms with Gasteiger partial charge < -0.3 is 14.0 Å². The zero-order valence-corrected chi connectivity index (χ0v) is 16.4. The monoisotopic (exact) mass is 390 g/mol. The van der Waals surface area contributed by atoms with Crippen molar-refractivity contribution < 1.29 is 14.3 Å². The summed E-state index contributed by atoms with van der Waals surface area (Å²) in [5.74, 6) is 0.982. The Balaban J connectivity index is 2.18. The van der Waals surface area contributed by atoms with E-state index in [-0.39, 0.29) is 5.91 Å². The van der Waals surface area contributed by atoms with Crippen molar-refractivity contribution in [3.63, 3.8) is 0 Å². The first-order valence-corrected chi connectivity index (χ1v) is 9.36. The van der Waals surface area contributed by atoms with Gasteiger partial charge in [-0.3, -0.25) is 4.79 Å². The SMILES string of the molecule is CCCn1c(=NC(=O)c2cccc(Cl)c2)sc2cc(OC)c(OC)cc21. The molecule has 0 aliphatic carbocycles. The number of aromatic nitrogens is 1. The predicted molar refractivity (Wildman–Crippen MR) is 105 cm³/mol. The van der Waals surface area contributed by atoms with Crippen molar-refractivity contribution in [3.05, 3.63) is 51.8 Å². The predicted octanol–water partition coefficient (Wildman–Crippen LogP) is 4.52. The van der Waals surface area contributed by atoms with Crippen molar-refractivity contribution in [2.75, 3.05) is 14.2 Å². The van der Waals surface area contributed by atoms with E-state index in [1.165, 1.54) is 11.3 Å². The quantitative estimate of drug-likeness (QED) is 0.643. The van der Waals surface area contributed by atoms with Gasteiger partial charge in [-0.2, -0.15) is 4.99 Å². The number of thiazole rings is 1. The van der Waals surface area contributed by atoms with Gasteiger partial charge in [0, 0.05) is 29.3 Å². The van der Waals surface area contributed by atoms with Gasteiger partial charge in [-0.25, -0.2) is 0 Å². The molecule has 26 heavy (non-hydrogen) atoms. The highest BCUT2D eigenvalue weighted by atomic mass is 35.5. The number of aryl methyl sites for hydroxylation is 1. The van der Waals surface area contributed by atoms with Gasteiger partial charge in [0.15, 0.2) is 16.3 Å². The molecule has 3 aromatic rings. The zero-order chi connectivity index (χ0) is 18.7. The van der Waals surface area contributed by atoms with Crippen LogP contribution in [0.3, 0.4) is 0 Å². The number of carbonyl (C=O) groups excluding carboxylic acids is 1. The van der Waals surface area contributed by atoms with E-state index in [4.69, 9.17) is 21.1 Å². The third-order valence-corrected chi connectivity index (χ3v) is 5.18. The highest BCUT2D eigenvalue weighted by molar-refractivity contribution is 7.16. The Hall–Kier alpha value is -2.31. The highest BCUT2D eigenvalue weighted by Crippen LogP contribution is 2.33. The number of nitrogens with zero attached hydrogens (tertiary/aromatic N) is 2. The lowest BCUT2D eigenvalue weighted by atomic mass is 10.2. The molecule has 1 aromatic heterocycles. The van der Waals surface area contributed by atoms with Gasteiger partial charge in [0.25, 0.3) is 5.91 Å². The molecular formula is C19H19ClN2O3S. The van der Waals surface area contributed by atoms with E-state index in [1.807, 2.05) is 16.7 Å². The van der Waals surface area contributed by atoms with Crippen LogP contribution in [0.2, 0.25) is 5.02 Å². The Labute approximate surface area is 160 Å². The van der Waals surface area contributed by atoms with E-state index in [2.05, 4.69) is 11.9 Å². The Morgan fingerprint density at radius 2 is 1.92 bits per heavy atom. The molecule has 1 heterocycles. The van der Waals surface area contributed by atoms with Crippen LogP contribution < -0.4 is 14.3 Å². The fraction of sp³-hybridized carbons (Fsp3) is 0.263. The largest absolute Gasteiger partial charge is 0.493 e. The average Bonchev–Trinajstić information content (AvgIpc) is 2.97. The molecule has 0 aliphatic rings. The molecule has 136 valence electrons. The number of ether oxygens (including phenoxy) is 2. The van der Waals surface area contributed by atoms with Gasteiger partial charge in [0.2, 0.25) is 0 Å². The van der Waals surface area contributed by atoms with Gasteiger partial charge in [-0.05, 0) is 24.6 Å². The van der Waals surface area contributed by atoms with Crippen LogP contribution in [-0.4, -0.2) is 24.7 Å². The minimum Gasteiger partial charge on any atom is -0.493 e. The van der Waals surface area contributed by atoms with Crippen LogP contribution >= 0.6 is 22.9 Å². The standard InChI is InChI=1S/C19H19ClN2O3S/c1-4-8-22-14-10-15(24-2)16(25-3)11-17(14)26-19(22)21-18(23)12-6-5-7-13(20)9-12/h5-7,9-11H,4,8H2,1-3H3. The molecule has 0 atom stereocenters. The van der Waals surface area contributed by atoms with Gasteiger partial charge >= 0.3 is 0 Å². The number of methoxy groups -OCH3 is 2. The summed E-state index contributed by atoms with van der Waals surface area (Å²) in [5.41, 5.74) is 1.43. The second-order valence-corrected chi connectivity index (χ2v) is 7.08. The molecule has 1 amide bonds. The molecule has 0 saturated carbocycles. The summed E-state index contributed by atoms with van der Waals surface area (Å²) in [6.45, 7) is 2.83. The third-order valence-electron chi connectivity index (χ3n) is 3.90. The Morgan fingerprint density at radius 3 is 2.58 bits per heavy atom. The summed E-state index contributed by atoms with van der Waals surface area (Å²) < 4.78 is 13.8. The Kier molecular flexibility index (Phi) is 5.64. The molecule has 0 unspecified atom stereocenters. The maximum Gasteiger partial charge on any atom is 0.279 e. The molecule has 3 rings (SSSR count). The molecule has 0 N–H and O–H groups in total. The van der Waals surface area contributed by atoms with Crippen molar-refractivity contribution in [1.82, 2.24) is 4.57 Å². The zero-order valence-electron chi connectivity index (χ0n) is 14.8. The summed E-state index contributed by atoms with van der Waals surface area (Å²) in [6.07, 6.45) is 0.915. The fourth-order valence-corrected chi connectivity index (χ4v) is 3.95. The third kappa shape index (κ3) is 3.61. The van der Waals surface area contributed by atoms with Crippen molar-refractivity contribution in [1.29, 1.82) is 0 Å². The van der Waals surface area contributed by atoms with E-state index >= 15 is 0 Å². The van der Waals surface area contributed by atoms with E-state index < -0.39 is 0 Å². The highest BCUT2D eigenvalue weighted by Gasteiger charge is 2.13. The van der Waals surface area contributed by atoms with E-state index in [9.17, 15) is 4.79 Å². The summed E-state index contributed by atoms with van der Waals surface area (Å²) in [5, 5.41) is 0.512. The topological polar surface area (TPSA) is 52.8 Å².